The predicted octanol–water partition coefficient (Wildman–Crippen LogP) is 2.63. The van der Waals surface area contributed by atoms with Gasteiger partial charge in [0.2, 0.25) is 0 Å². The molecule has 0 saturated carbocycles. The van der Waals surface area contributed by atoms with E-state index < -0.39 is 0 Å². The van der Waals surface area contributed by atoms with Gasteiger partial charge in [0.05, 0.1) is 24.6 Å². The van der Waals surface area contributed by atoms with Gasteiger partial charge in [-0.15, -0.1) is 0 Å². The van der Waals surface area contributed by atoms with Crippen molar-refractivity contribution in [3.63, 3.8) is 0 Å². The topological polar surface area (TPSA) is 55.2 Å². The van der Waals surface area contributed by atoms with Crippen molar-refractivity contribution in [1.29, 1.82) is 0 Å². The summed E-state index contributed by atoms with van der Waals surface area (Å²) in [7, 11) is 2.04. The number of anilines is 1. The van der Waals surface area contributed by atoms with Crippen LogP contribution in [-0.4, -0.2) is 41.1 Å². The minimum absolute atomic E-state index is 0.193. The minimum Gasteiger partial charge on any atom is -0.378 e. The number of pyridine rings is 1. The predicted molar refractivity (Wildman–Crippen MR) is 99.8 cm³/mol. The smallest absolute Gasteiger partial charge is 0.131 e. The molecule has 6 nitrogen and oxygen atoms in total. The first-order chi connectivity index (χ1) is 12.1. The third-order valence-corrected chi connectivity index (χ3v) is 4.72. The molecule has 3 rings (SSSR count). The summed E-state index contributed by atoms with van der Waals surface area (Å²) >= 11 is 0. The van der Waals surface area contributed by atoms with E-state index in [9.17, 15) is 0 Å². The number of hydrogen-bond donors (Lipinski definition) is 1. The Morgan fingerprint density at radius 3 is 2.60 bits per heavy atom. The molecule has 0 unspecified atom stereocenters. The van der Waals surface area contributed by atoms with Crippen molar-refractivity contribution in [1.82, 2.24) is 20.1 Å². The number of rotatable bonds is 6. The molecule has 0 spiro atoms. The quantitative estimate of drug-likeness (QED) is 0.874. The Hall–Kier alpha value is -1.92. The Bertz CT molecular complexity index is 677. The zero-order valence-electron chi connectivity index (χ0n) is 15.7. The lowest BCUT2D eigenvalue weighted by Gasteiger charge is -2.30. The van der Waals surface area contributed by atoms with Crippen LogP contribution in [0.1, 0.15) is 49.7 Å². The van der Waals surface area contributed by atoms with Crippen molar-refractivity contribution in [3.05, 3.63) is 41.3 Å². The summed E-state index contributed by atoms with van der Waals surface area (Å²) in [6.07, 6.45) is 1.84. The summed E-state index contributed by atoms with van der Waals surface area (Å²) in [6, 6.07) is 6.24. The zero-order chi connectivity index (χ0) is 17.8. The molecule has 25 heavy (non-hydrogen) atoms. The van der Waals surface area contributed by atoms with Gasteiger partial charge in [-0.1, -0.05) is 19.9 Å². The molecule has 136 valence electrons. The highest BCUT2D eigenvalue weighted by atomic mass is 16.5. The molecule has 1 fully saturated rings. The van der Waals surface area contributed by atoms with Crippen LogP contribution in [0.15, 0.2) is 24.4 Å². The van der Waals surface area contributed by atoms with Gasteiger partial charge in [0.25, 0.3) is 0 Å². The van der Waals surface area contributed by atoms with Gasteiger partial charge in [-0.3, -0.25) is 9.67 Å². The third-order valence-electron chi connectivity index (χ3n) is 4.72. The highest BCUT2D eigenvalue weighted by Gasteiger charge is 2.24. The van der Waals surface area contributed by atoms with E-state index in [1.54, 1.807) is 0 Å². The van der Waals surface area contributed by atoms with Crippen LogP contribution in [0.2, 0.25) is 0 Å². The fraction of sp³-hybridized carbons (Fsp3) is 0.579. The molecule has 3 heterocycles. The maximum Gasteiger partial charge on any atom is 0.131 e. The Kier molecular flexibility index (Phi) is 5.71. The van der Waals surface area contributed by atoms with Gasteiger partial charge in [0, 0.05) is 44.5 Å². The van der Waals surface area contributed by atoms with Crippen LogP contribution in [-0.2, 0) is 18.3 Å². The van der Waals surface area contributed by atoms with Crippen molar-refractivity contribution >= 4 is 5.82 Å². The van der Waals surface area contributed by atoms with Crippen LogP contribution < -0.4 is 10.2 Å². The van der Waals surface area contributed by atoms with Gasteiger partial charge < -0.3 is 15.0 Å². The number of nitrogens with one attached hydrogen (secondary N) is 1. The normalized spacial score (nSPS) is 16.4. The van der Waals surface area contributed by atoms with Crippen LogP contribution >= 0.6 is 0 Å². The molecule has 1 saturated heterocycles. The first-order valence-electron chi connectivity index (χ1n) is 9.10. The Balaban J connectivity index is 1.83. The lowest BCUT2D eigenvalue weighted by Crippen LogP contribution is -2.38. The summed E-state index contributed by atoms with van der Waals surface area (Å²) in [5.41, 5.74) is 3.53. The summed E-state index contributed by atoms with van der Waals surface area (Å²) < 4.78 is 7.55. The summed E-state index contributed by atoms with van der Waals surface area (Å²) in [6.45, 7) is 10.7. The molecular formula is C19H29N5O. The van der Waals surface area contributed by atoms with Crippen molar-refractivity contribution in [2.45, 2.75) is 39.3 Å². The number of hydrogen-bond acceptors (Lipinski definition) is 5. The number of aryl methyl sites for hydroxylation is 1. The number of ether oxygens (including phenoxy) is 1. The van der Waals surface area contributed by atoms with E-state index >= 15 is 0 Å². The molecule has 2 aromatic heterocycles. The van der Waals surface area contributed by atoms with E-state index in [1.165, 1.54) is 17.1 Å². The molecule has 1 atom stereocenters. The van der Waals surface area contributed by atoms with E-state index in [2.05, 4.69) is 42.0 Å². The first kappa shape index (κ1) is 17.9. The van der Waals surface area contributed by atoms with E-state index in [1.807, 2.05) is 30.1 Å². The fourth-order valence-electron chi connectivity index (χ4n) is 3.38. The van der Waals surface area contributed by atoms with E-state index in [-0.39, 0.29) is 6.04 Å². The molecule has 0 aliphatic carbocycles. The summed E-state index contributed by atoms with van der Waals surface area (Å²) in [5.74, 6) is 1.61. The Labute approximate surface area is 150 Å². The standard InChI is InChI=1S/C19H29N5O/c1-14(2)18-16(13-21-15(3)17-7-5-6-8-20-17)19(23(4)22-18)24-9-11-25-12-10-24/h5-8,14-15,21H,9-13H2,1-4H3/t15-/m1/s1. The molecule has 2 aromatic rings. The van der Waals surface area contributed by atoms with Crippen molar-refractivity contribution < 1.29 is 4.74 Å². The molecule has 6 heteroatoms. The second-order valence-corrected chi connectivity index (χ2v) is 6.92. The fourth-order valence-corrected chi connectivity index (χ4v) is 3.38. The van der Waals surface area contributed by atoms with Crippen LogP contribution in [0, 0.1) is 0 Å². The molecule has 1 N–H and O–H groups in total. The maximum atomic E-state index is 5.52. The van der Waals surface area contributed by atoms with Crippen molar-refractivity contribution in [3.8, 4) is 0 Å². The van der Waals surface area contributed by atoms with Gasteiger partial charge in [0.15, 0.2) is 0 Å². The largest absolute Gasteiger partial charge is 0.378 e. The van der Waals surface area contributed by atoms with Gasteiger partial charge in [0.1, 0.15) is 5.82 Å². The second kappa shape index (κ2) is 7.97. The molecule has 1 aliphatic rings. The van der Waals surface area contributed by atoms with E-state index in [4.69, 9.17) is 9.84 Å². The van der Waals surface area contributed by atoms with Gasteiger partial charge in [-0.2, -0.15) is 5.10 Å². The Morgan fingerprint density at radius 1 is 1.20 bits per heavy atom. The molecular weight excluding hydrogens is 314 g/mol. The highest BCUT2D eigenvalue weighted by Crippen LogP contribution is 2.29. The highest BCUT2D eigenvalue weighted by molar-refractivity contribution is 5.51. The van der Waals surface area contributed by atoms with Crippen molar-refractivity contribution in [2.75, 3.05) is 31.2 Å². The molecule has 0 amide bonds. The van der Waals surface area contributed by atoms with Gasteiger partial charge in [-0.25, -0.2) is 0 Å². The minimum atomic E-state index is 0.193. The second-order valence-electron chi connectivity index (χ2n) is 6.92. The zero-order valence-corrected chi connectivity index (χ0v) is 15.7. The SMILES string of the molecule is CC(C)c1nn(C)c(N2CCOCC2)c1CN[C@H](C)c1ccccn1. The van der Waals surface area contributed by atoms with E-state index in [0.29, 0.717) is 5.92 Å². The van der Waals surface area contributed by atoms with Gasteiger partial charge in [-0.05, 0) is 25.0 Å². The van der Waals surface area contributed by atoms with Gasteiger partial charge >= 0.3 is 0 Å². The first-order valence-corrected chi connectivity index (χ1v) is 9.10. The third kappa shape index (κ3) is 4.02. The lowest BCUT2D eigenvalue weighted by atomic mass is 10.0. The van der Waals surface area contributed by atoms with Crippen LogP contribution in [0.5, 0.6) is 0 Å². The van der Waals surface area contributed by atoms with Crippen LogP contribution in [0.4, 0.5) is 5.82 Å². The summed E-state index contributed by atoms with van der Waals surface area (Å²) in [5, 5.41) is 8.44. The molecule has 0 radical (unpaired) electrons. The number of nitrogens with zero attached hydrogens (tertiary/aromatic N) is 4. The van der Waals surface area contributed by atoms with Crippen molar-refractivity contribution in [2.24, 2.45) is 7.05 Å². The molecule has 0 bridgehead atoms. The molecule has 0 aromatic carbocycles. The molecule has 1 aliphatic heterocycles. The van der Waals surface area contributed by atoms with E-state index in [0.717, 1.165) is 38.5 Å². The number of aromatic nitrogens is 3. The average Bonchev–Trinajstić information content (AvgIpc) is 2.97. The number of morpholine rings is 1. The lowest BCUT2D eigenvalue weighted by molar-refractivity contribution is 0.122. The average molecular weight is 343 g/mol. The Morgan fingerprint density at radius 2 is 1.96 bits per heavy atom. The van der Waals surface area contributed by atoms with Crippen LogP contribution in [0.25, 0.3) is 0 Å². The maximum absolute atomic E-state index is 5.52. The monoisotopic (exact) mass is 343 g/mol. The summed E-state index contributed by atoms with van der Waals surface area (Å²) in [4.78, 5) is 6.85. The van der Waals surface area contributed by atoms with Crippen LogP contribution in [0.3, 0.4) is 0 Å².